The number of hydrogen-bond acceptors (Lipinski definition) is 7. The Hall–Kier alpha value is -3.77. The molecular formula is C24H25N3O7S2. The van der Waals surface area contributed by atoms with Crippen molar-refractivity contribution in [2.75, 3.05) is 7.11 Å². The molecule has 0 spiro atoms. The summed E-state index contributed by atoms with van der Waals surface area (Å²) in [5.41, 5.74) is 12.0. The summed E-state index contributed by atoms with van der Waals surface area (Å²) in [5, 5.41) is 2.33. The van der Waals surface area contributed by atoms with Gasteiger partial charge in [-0.3, -0.25) is 4.79 Å². The lowest BCUT2D eigenvalue weighted by atomic mass is 9.99. The highest BCUT2D eigenvalue weighted by atomic mass is 32.2. The van der Waals surface area contributed by atoms with E-state index in [9.17, 15) is 26.4 Å². The minimum Gasteiger partial charge on any atom is -0.465 e. The molecule has 0 saturated carbocycles. The van der Waals surface area contributed by atoms with Crippen molar-refractivity contribution >= 4 is 37.5 Å². The summed E-state index contributed by atoms with van der Waals surface area (Å²) in [6.07, 6.45) is 3.24. The minimum absolute atomic E-state index is 0.0224. The first-order valence-electron chi connectivity index (χ1n) is 10.6. The number of hydrogen-bond donors (Lipinski definition) is 2. The van der Waals surface area contributed by atoms with Crippen LogP contribution in [0, 0.1) is 0 Å². The van der Waals surface area contributed by atoms with Gasteiger partial charge in [0.2, 0.25) is 0 Å². The van der Waals surface area contributed by atoms with E-state index in [0.717, 1.165) is 5.41 Å². The van der Waals surface area contributed by atoms with Crippen LogP contribution in [0.5, 0.6) is 0 Å². The number of nitrogens with two attached hydrogens (primary N) is 2. The van der Waals surface area contributed by atoms with E-state index in [1.54, 1.807) is 30.4 Å². The van der Waals surface area contributed by atoms with Crippen molar-refractivity contribution in [3.8, 4) is 0 Å². The second-order valence-corrected chi connectivity index (χ2v) is 11.8. The van der Waals surface area contributed by atoms with Crippen molar-refractivity contribution in [3.05, 3.63) is 81.6 Å². The number of sulfone groups is 2. The summed E-state index contributed by atoms with van der Waals surface area (Å²) >= 11 is 0. The normalized spacial score (nSPS) is 20.1. The van der Waals surface area contributed by atoms with Gasteiger partial charge in [0.15, 0.2) is 25.6 Å². The number of ether oxygens (including phenoxy) is 1. The zero-order chi connectivity index (χ0) is 26.8. The summed E-state index contributed by atoms with van der Waals surface area (Å²) in [4.78, 5) is 26.7. The molecule has 2 atom stereocenters. The van der Waals surface area contributed by atoms with Gasteiger partial charge in [-0.15, -0.1) is 0 Å². The molecule has 1 amide bonds. The van der Waals surface area contributed by atoms with Gasteiger partial charge in [0, 0.05) is 28.2 Å². The summed E-state index contributed by atoms with van der Waals surface area (Å²) in [7, 11) is -5.67. The summed E-state index contributed by atoms with van der Waals surface area (Å²) in [6.45, 7) is 3.78. The third kappa shape index (κ3) is 5.55. The standard InChI is InChI=1S/C12H13N3O3S.C12H12O4S/c1-7-4-5-19(17,18)10-6-8(2-3-9(7)10)11(16)15-12(13)14;1-8-5-6-17(14,15)11-7-9(12(13)16-2)3-4-10(8)11/h2-7H,1H3,(H4,13,14,15,16);3-8H,1-2H3. The SMILES string of the molecule is CC1C=CS(=O)(=O)c2cc(C(=O)N=C(N)N)ccc21.COC(=O)c1ccc2c(c1)S(=O)(=O)C=CC2C. The monoisotopic (exact) mass is 531 g/mol. The molecule has 4 N–H and O–H groups in total. The molecule has 0 aromatic heterocycles. The average molecular weight is 532 g/mol. The maximum atomic E-state index is 11.9. The Morgan fingerprint density at radius 1 is 0.806 bits per heavy atom. The Morgan fingerprint density at radius 2 is 1.25 bits per heavy atom. The Labute approximate surface area is 209 Å². The number of benzene rings is 2. The first-order valence-corrected chi connectivity index (χ1v) is 13.7. The number of nitrogens with zero attached hydrogens (tertiary/aromatic N) is 1. The van der Waals surface area contributed by atoms with Crippen LogP contribution in [0.15, 0.2) is 74.1 Å². The van der Waals surface area contributed by atoms with E-state index >= 15 is 0 Å². The van der Waals surface area contributed by atoms with Gasteiger partial charge in [0.1, 0.15) is 0 Å². The maximum Gasteiger partial charge on any atom is 0.337 e. The summed E-state index contributed by atoms with van der Waals surface area (Å²) in [6, 6.07) is 9.04. The summed E-state index contributed by atoms with van der Waals surface area (Å²) < 4.78 is 52.1. The topological polar surface area (TPSA) is 176 Å². The quantitative estimate of drug-likeness (QED) is 0.335. The third-order valence-corrected chi connectivity index (χ3v) is 8.58. The lowest BCUT2D eigenvalue weighted by molar-refractivity contribution is 0.0600. The minimum atomic E-state index is -3.50. The Kier molecular flexibility index (Phi) is 7.51. The molecular weight excluding hydrogens is 506 g/mol. The highest BCUT2D eigenvalue weighted by Gasteiger charge is 2.26. The van der Waals surface area contributed by atoms with Crippen LogP contribution in [0.4, 0.5) is 0 Å². The average Bonchev–Trinajstić information content (AvgIpc) is 2.83. The van der Waals surface area contributed by atoms with Gasteiger partial charge in [-0.25, -0.2) is 21.6 Å². The number of carbonyl (C=O) groups is 2. The van der Waals surface area contributed by atoms with Crippen LogP contribution in [0.2, 0.25) is 0 Å². The predicted octanol–water partition coefficient (Wildman–Crippen LogP) is 2.38. The molecule has 10 nitrogen and oxygen atoms in total. The fourth-order valence-electron chi connectivity index (χ4n) is 3.67. The van der Waals surface area contributed by atoms with Gasteiger partial charge in [0.25, 0.3) is 5.91 Å². The number of fused-ring (bicyclic) bond motifs is 2. The van der Waals surface area contributed by atoms with E-state index in [1.165, 1.54) is 30.7 Å². The third-order valence-electron chi connectivity index (χ3n) is 5.61. The lowest BCUT2D eigenvalue weighted by Gasteiger charge is -2.17. The van der Waals surface area contributed by atoms with E-state index in [-0.39, 0.29) is 38.7 Å². The molecule has 0 aliphatic carbocycles. The zero-order valence-corrected chi connectivity index (χ0v) is 21.3. The molecule has 0 fully saturated rings. The van der Waals surface area contributed by atoms with Crippen LogP contribution in [0.3, 0.4) is 0 Å². The number of allylic oxidation sites excluding steroid dienone is 2. The van der Waals surface area contributed by atoms with E-state index in [0.29, 0.717) is 11.1 Å². The largest absolute Gasteiger partial charge is 0.465 e. The lowest BCUT2D eigenvalue weighted by Crippen LogP contribution is -2.24. The van der Waals surface area contributed by atoms with Crippen LogP contribution in [0.1, 0.15) is 57.5 Å². The van der Waals surface area contributed by atoms with Crippen LogP contribution in [-0.2, 0) is 24.4 Å². The van der Waals surface area contributed by atoms with Crippen molar-refractivity contribution < 1.29 is 31.2 Å². The number of amides is 1. The Bertz CT molecular complexity index is 1540. The van der Waals surface area contributed by atoms with Gasteiger partial charge >= 0.3 is 5.97 Å². The fraction of sp³-hybridized carbons (Fsp3) is 0.208. The molecule has 2 aliphatic heterocycles. The van der Waals surface area contributed by atoms with E-state index < -0.39 is 31.6 Å². The molecule has 0 bridgehead atoms. The number of carbonyl (C=O) groups excluding carboxylic acids is 2. The smallest absolute Gasteiger partial charge is 0.337 e. The van der Waals surface area contributed by atoms with Gasteiger partial charge in [-0.05, 0) is 35.4 Å². The fourth-order valence-corrected chi connectivity index (χ4v) is 6.60. The van der Waals surface area contributed by atoms with Crippen LogP contribution in [-0.4, -0.2) is 41.8 Å². The van der Waals surface area contributed by atoms with Gasteiger partial charge in [-0.1, -0.05) is 38.1 Å². The molecule has 2 aromatic carbocycles. The maximum absolute atomic E-state index is 11.9. The zero-order valence-electron chi connectivity index (χ0n) is 19.7. The molecule has 2 aromatic rings. The highest BCUT2D eigenvalue weighted by molar-refractivity contribution is 7.94. The number of rotatable bonds is 2. The molecule has 4 rings (SSSR count). The molecule has 190 valence electrons. The number of guanidine groups is 1. The van der Waals surface area contributed by atoms with Gasteiger partial charge in [0.05, 0.1) is 22.5 Å². The summed E-state index contributed by atoms with van der Waals surface area (Å²) in [5.74, 6) is -1.56. The molecule has 0 radical (unpaired) electrons. The van der Waals surface area contributed by atoms with E-state index in [1.807, 2.05) is 13.8 Å². The number of esters is 1. The predicted molar refractivity (Wildman–Crippen MR) is 134 cm³/mol. The number of methoxy groups -OCH3 is 1. The van der Waals surface area contributed by atoms with Crippen molar-refractivity contribution in [1.82, 2.24) is 0 Å². The van der Waals surface area contributed by atoms with Crippen molar-refractivity contribution in [2.45, 2.75) is 35.5 Å². The Balaban J connectivity index is 0.000000202. The van der Waals surface area contributed by atoms with Crippen molar-refractivity contribution in [3.63, 3.8) is 0 Å². The molecule has 2 aliphatic rings. The first-order chi connectivity index (χ1) is 16.8. The van der Waals surface area contributed by atoms with Crippen molar-refractivity contribution in [1.29, 1.82) is 0 Å². The second-order valence-electron chi connectivity index (χ2n) is 8.16. The van der Waals surface area contributed by atoms with Gasteiger partial charge in [-0.2, -0.15) is 4.99 Å². The highest BCUT2D eigenvalue weighted by Crippen LogP contribution is 2.33. The van der Waals surface area contributed by atoms with Gasteiger partial charge < -0.3 is 16.2 Å². The van der Waals surface area contributed by atoms with E-state index in [4.69, 9.17) is 11.5 Å². The molecule has 0 saturated heterocycles. The molecule has 36 heavy (non-hydrogen) atoms. The molecule has 12 heteroatoms. The Morgan fingerprint density at radius 3 is 1.69 bits per heavy atom. The number of aliphatic imine (C=N–C) groups is 1. The van der Waals surface area contributed by atoms with Crippen LogP contribution < -0.4 is 11.5 Å². The van der Waals surface area contributed by atoms with Crippen molar-refractivity contribution in [2.24, 2.45) is 16.5 Å². The molecule has 2 heterocycles. The van der Waals surface area contributed by atoms with Crippen LogP contribution >= 0.6 is 0 Å². The second kappa shape index (κ2) is 10.1. The molecule has 2 unspecified atom stereocenters. The van der Waals surface area contributed by atoms with E-state index in [2.05, 4.69) is 9.73 Å². The first kappa shape index (κ1) is 26.8. The van der Waals surface area contributed by atoms with Crippen LogP contribution in [0.25, 0.3) is 0 Å².